The highest BCUT2D eigenvalue weighted by molar-refractivity contribution is 5.77. The van der Waals surface area contributed by atoms with Gasteiger partial charge in [0.1, 0.15) is 12.2 Å². The molecule has 1 amide bonds. The van der Waals surface area contributed by atoms with Crippen LogP contribution in [0.15, 0.2) is 33.7 Å². The first-order valence-electron chi connectivity index (χ1n) is 7.93. The van der Waals surface area contributed by atoms with Crippen LogP contribution in [0.4, 0.5) is 0 Å². The fourth-order valence-corrected chi connectivity index (χ4v) is 2.85. The minimum absolute atomic E-state index is 0.183. The maximum Gasteiger partial charge on any atom is 0.442 e. The molecule has 3 rings (SSSR count). The summed E-state index contributed by atoms with van der Waals surface area (Å²) in [6.45, 7) is 0.701. The molecular weight excluding hydrogens is 328 g/mol. The predicted molar refractivity (Wildman–Crippen MR) is 85.3 cm³/mol. The molecule has 1 fully saturated rings. The van der Waals surface area contributed by atoms with Gasteiger partial charge in [-0.3, -0.25) is 19.1 Å². The van der Waals surface area contributed by atoms with E-state index in [1.165, 1.54) is 7.11 Å². The van der Waals surface area contributed by atoms with Gasteiger partial charge in [0, 0.05) is 19.3 Å². The van der Waals surface area contributed by atoms with Gasteiger partial charge in [-0.1, -0.05) is 11.2 Å². The Labute approximate surface area is 143 Å². The van der Waals surface area contributed by atoms with Crippen LogP contribution < -0.4 is 5.76 Å². The average molecular weight is 346 g/mol. The van der Waals surface area contributed by atoms with Gasteiger partial charge in [-0.2, -0.15) is 0 Å². The van der Waals surface area contributed by atoms with Crippen LogP contribution in [0, 0.1) is 5.92 Å². The molecule has 0 aromatic carbocycles. The van der Waals surface area contributed by atoms with Crippen molar-refractivity contribution in [3.8, 4) is 11.5 Å². The number of hydrogen-bond donors (Lipinski definition) is 0. The lowest BCUT2D eigenvalue weighted by Gasteiger charge is -2.30. The van der Waals surface area contributed by atoms with Crippen LogP contribution in [0.25, 0.3) is 11.5 Å². The fraction of sp³-hybridized carbons (Fsp3) is 0.438. The second-order valence-electron chi connectivity index (χ2n) is 5.75. The molecule has 1 aliphatic rings. The lowest BCUT2D eigenvalue weighted by molar-refractivity contribution is -0.149. The molecule has 0 spiro atoms. The number of hydrogen-bond acceptors (Lipinski definition) is 7. The van der Waals surface area contributed by atoms with E-state index >= 15 is 0 Å². The molecule has 9 heteroatoms. The van der Waals surface area contributed by atoms with Crippen molar-refractivity contribution < 1.29 is 18.8 Å². The highest BCUT2D eigenvalue weighted by Gasteiger charge is 2.28. The SMILES string of the molecule is COC(=O)C1CCN(C(=O)Cn2c(-c3ccccn3)noc2=O)CC1. The molecule has 0 atom stereocenters. The Balaban J connectivity index is 1.70. The summed E-state index contributed by atoms with van der Waals surface area (Å²) in [6, 6.07) is 5.17. The van der Waals surface area contributed by atoms with Gasteiger partial charge < -0.3 is 9.64 Å². The molecule has 1 aliphatic heterocycles. The van der Waals surface area contributed by atoms with Gasteiger partial charge in [0.05, 0.1) is 13.0 Å². The number of esters is 1. The molecule has 2 aromatic heterocycles. The van der Waals surface area contributed by atoms with Crippen LogP contribution in [-0.4, -0.2) is 51.7 Å². The number of ether oxygens (including phenoxy) is 1. The Kier molecular flexibility index (Phi) is 4.92. The fourth-order valence-electron chi connectivity index (χ4n) is 2.85. The van der Waals surface area contributed by atoms with E-state index in [0.717, 1.165) is 4.57 Å². The van der Waals surface area contributed by atoms with E-state index in [1.54, 1.807) is 29.3 Å². The Morgan fingerprint density at radius 2 is 2.08 bits per heavy atom. The van der Waals surface area contributed by atoms with Crippen LogP contribution in [0.3, 0.4) is 0 Å². The van der Waals surface area contributed by atoms with Crippen molar-refractivity contribution in [2.45, 2.75) is 19.4 Å². The summed E-state index contributed by atoms with van der Waals surface area (Å²) < 4.78 is 10.6. The number of methoxy groups -OCH3 is 1. The highest BCUT2D eigenvalue weighted by atomic mass is 16.5. The van der Waals surface area contributed by atoms with Gasteiger partial charge in [-0.25, -0.2) is 9.36 Å². The number of likely N-dealkylation sites (tertiary alicyclic amines) is 1. The zero-order valence-corrected chi connectivity index (χ0v) is 13.8. The van der Waals surface area contributed by atoms with E-state index in [1.807, 2.05) is 0 Å². The molecule has 132 valence electrons. The predicted octanol–water partition coefficient (Wildman–Crippen LogP) is 0.310. The van der Waals surface area contributed by atoms with E-state index in [2.05, 4.69) is 14.7 Å². The van der Waals surface area contributed by atoms with Gasteiger partial charge in [0.15, 0.2) is 0 Å². The quantitative estimate of drug-likeness (QED) is 0.733. The van der Waals surface area contributed by atoms with Crippen LogP contribution in [-0.2, 0) is 20.9 Å². The maximum atomic E-state index is 12.5. The summed E-state index contributed by atoms with van der Waals surface area (Å²) in [6.07, 6.45) is 2.66. The molecule has 0 N–H and O–H groups in total. The molecule has 0 unspecified atom stereocenters. The summed E-state index contributed by atoms with van der Waals surface area (Å²) in [5.41, 5.74) is 0.450. The summed E-state index contributed by atoms with van der Waals surface area (Å²) in [4.78, 5) is 41.7. The average Bonchev–Trinajstić information content (AvgIpc) is 3.02. The highest BCUT2D eigenvalue weighted by Crippen LogP contribution is 2.19. The lowest BCUT2D eigenvalue weighted by Crippen LogP contribution is -2.42. The summed E-state index contributed by atoms with van der Waals surface area (Å²) in [5.74, 6) is -1.16. The largest absolute Gasteiger partial charge is 0.469 e. The Morgan fingerprint density at radius 3 is 2.72 bits per heavy atom. The van der Waals surface area contributed by atoms with Crippen LogP contribution in [0.5, 0.6) is 0 Å². The van der Waals surface area contributed by atoms with Crippen molar-refractivity contribution in [2.24, 2.45) is 5.92 Å². The molecule has 0 radical (unpaired) electrons. The second-order valence-corrected chi connectivity index (χ2v) is 5.75. The number of piperidine rings is 1. The van der Waals surface area contributed by atoms with Gasteiger partial charge >= 0.3 is 11.7 Å². The zero-order chi connectivity index (χ0) is 17.8. The Morgan fingerprint density at radius 1 is 1.32 bits per heavy atom. The molecule has 0 aliphatic carbocycles. The standard InChI is InChI=1S/C16H18N4O5/c1-24-15(22)11-5-8-19(9-6-11)13(21)10-20-14(18-25-16(20)23)12-4-2-3-7-17-12/h2-4,7,11H,5-6,8-10H2,1H3. The molecule has 2 aromatic rings. The normalized spacial score (nSPS) is 15.2. The van der Waals surface area contributed by atoms with E-state index < -0.39 is 5.76 Å². The Hall–Kier alpha value is -2.97. The maximum absolute atomic E-state index is 12.5. The van der Waals surface area contributed by atoms with Crippen LogP contribution in [0.2, 0.25) is 0 Å². The number of carbonyl (C=O) groups is 2. The smallest absolute Gasteiger partial charge is 0.442 e. The number of pyridine rings is 1. The molecule has 9 nitrogen and oxygen atoms in total. The molecule has 3 heterocycles. The van der Waals surface area contributed by atoms with Crippen molar-refractivity contribution in [1.82, 2.24) is 19.6 Å². The zero-order valence-electron chi connectivity index (χ0n) is 13.8. The number of carbonyl (C=O) groups excluding carboxylic acids is 2. The van der Waals surface area contributed by atoms with Crippen LogP contribution in [0.1, 0.15) is 12.8 Å². The molecule has 1 saturated heterocycles. The minimum atomic E-state index is -0.710. The van der Waals surface area contributed by atoms with Gasteiger partial charge in [-0.05, 0) is 25.0 Å². The third kappa shape index (κ3) is 3.59. The number of rotatable bonds is 4. The number of aromatic nitrogens is 3. The van der Waals surface area contributed by atoms with Gasteiger partial charge in [-0.15, -0.1) is 0 Å². The van der Waals surface area contributed by atoms with E-state index in [4.69, 9.17) is 4.74 Å². The van der Waals surface area contributed by atoms with Gasteiger partial charge in [0.25, 0.3) is 0 Å². The molecule has 25 heavy (non-hydrogen) atoms. The van der Waals surface area contributed by atoms with Crippen molar-refractivity contribution >= 4 is 11.9 Å². The first-order valence-corrected chi connectivity index (χ1v) is 7.93. The van der Waals surface area contributed by atoms with E-state index in [0.29, 0.717) is 31.6 Å². The first-order chi connectivity index (χ1) is 12.1. The van der Waals surface area contributed by atoms with Crippen molar-refractivity contribution in [1.29, 1.82) is 0 Å². The minimum Gasteiger partial charge on any atom is -0.469 e. The molecular formula is C16H18N4O5. The molecule has 0 bridgehead atoms. The lowest BCUT2D eigenvalue weighted by atomic mass is 9.97. The van der Waals surface area contributed by atoms with Crippen molar-refractivity contribution in [3.63, 3.8) is 0 Å². The van der Waals surface area contributed by atoms with Crippen molar-refractivity contribution in [3.05, 3.63) is 34.9 Å². The topological polar surface area (TPSA) is 108 Å². The summed E-state index contributed by atoms with van der Waals surface area (Å²) in [5, 5.41) is 3.71. The van der Waals surface area contributed by atoms with E-state index in [9.17, 15) is 14.4 Å². The molecule has 0 saturated carbocycles. The summed E-state index contributed by atoms with van der Waals surface area (Å²) in [7, 11) is 1.36. The first kappa shape index (κ1) is 16.9. The number of nitrogens with zero attached hydrogens (tertiary/aromatic N) is 4. The van der Waals surface area contributed by atoms with Crippen LogP contribution >= 0.6 is 0 Å². The summed E-state index contributed by atoms with van der Waals surface area (Å²) >= 11 is 0. The van der Waals surface area contributed by atoms with Crippen molar-refractivity contribution in [2.75, 3.05) is 20.2 Å². The Bertz CT molecular complexity index is 805. The third-order valence-corrected chi connectivity index (χ3v) is 4.26. The monoisotopic (exact) mass is 346 g/mol. The second kappa shape index (κ2) is 7.29. The number of amides is 1. The third-order valence-electron chi connectivity index (χ3n) is 4.26. The van der Waals surface area contributed by atoms with E-state index in [-0.39, 0.29) is 30.2 Å². The van der Waals surface area contributed by atoms with Gasteiger partial charge in [0.2, 0.25) is 11.7 Å².